The van der Waals surface area contributed by atoms with Crippen LogP contribution in [0.4, 0.5) is 14.5 Å². The van der Waals surface area contributed by atoms with Crippen LogP contribution in [0.15, 0.2) is 42.5 Å². The Bertz CT molecular complexity index is 629. The molecule has 0 aliphatic rings. The Labute approximate surface area is 118 Å². The van der Waals surface area contributed by atoms with Gasteiger partial charge in [-0.1, -0.05) is 29.8 Å². The van der Waals surface area contributed by atoms with Crippen molar-refractivity contribution >= 4 is 23.3 Å². The maximum Gasteiger partial charge on any atom is 0.331 e. The van der Waals surface area contributed by atoms with Crippen molar-refractivity contribution in [1.82, 2.24) is 0 Å². The number of hydrogen-bond acceptors (Lipinski definition) is 2. The first-order valence-electron chi connectivity index (χ1n) is 5.68. The van der Waals surface area contributed by atoms with Gasteiger partial charge < -0.3 is 10.4 Å². The number of benzene rings is 2. The fraction of sp³-hybridized carbons (Fsp3) is 0.0714. The zero-order valence-corrected chi connectivity index (χ0v) is 10.9. The second-order valence-corrected chi connectivity index (χ2v) is 4.44. The minimum absolute atomic E-state index is 0.260. The molecule has 0 saturated carbocycles. The number of nitrogens with one attached hydrogen (secondary N) is 1. The Kier molecular flexibility index (Phi) is 4.20. The van der Waals surface area contributed by atoms with E-state index in [2.05, 4.69) is 5.32 Å². The molecule has 2 aromatic carbocycles. The molecular weight excluding hydrogens is 288 g/mol. The summed E-state index contributed by atoms with van der Waals surface area (Å²) < 4.78 is 27.4. The number of carboxylic acid groups (broad SMARTS) is 1. The Morgan fingerprint density at radius 3 is 2.25 bits per heavy atom. The van der Waals surface area contributed by atoms with E-state index >= 15 is 0 Å². The number of aliphatic carboxylic acids is 1. The number of carboxylic acids is 1. The molecule has 0 fully saturated rings. The molecule has 0 amide bonds. The largest absolute Gasteiger partial charge is 0.479 e. The van der Waals surface area contributed by atoms with E-state index in [1.54, 1.807) is 18.2 Å². The molecule has 0 bridgehead atoms. The second-order valence-electron chi connectivity index (χ2n) is 4.03. The van der Waals surface area contributed by atoms with Crippen LogP contribution in [0.1, 0.15) is 11.6 Å². The molecular formula is C14H10ClF2NO2. The summed E-state index contributed by atoms with van der Waals surface area (Å²) in [7, 11) is 0. The van der Waals surface area contributed by atoms with Gasteiger partial charge in [0, 0.05) is 0 Å². The molecule has 0 radical (unpaired) electrons. The third kappa shape index (κ3) is 2.88. The molecule has 104 valence electrons. The fourth-order valence-electron chi connectivity index (χ4n) is 1.78. The normalized spacial score (nSPS) is 11.9. The van der Waals surface area contributed by atoms with E-state index in [9.17, 15) is 18.7 Å². The molecule has 3 nitrogen and oxygen atoms in total. The molecule has 0 aliphatic heterocycles. The molecule has 0 saturated heterocycles. The number of para-hydroxylation sites is 1. The van der Waals surface area contributed by atoms with Crippen LogP contribution in [0.5, 0.6) is 0 Å². The van der Waals surface area contributed by atoms with Gasteiger partial charge in [-0.05, 0) is 24.3 Å². The summed E-state index contributed by atoms with van der Waals surface area (Å²) in [4.78, 5) is 11.3. The van der Waals surface area contributed by atoms with Gasteiger partial charge in [-0.25, -0.2) is 13.6 Å². The number of halogens is 3. The molecule has 2 N–H and O–H groups in total. The Morgan fingerprint density at radius 2 is 1.70 bits per heavy atom. The van der Waals surface area contributed by atoms with Crippen molar-refractivity contribution in [3.63, 3.8) is 0 Å². The van der Waals surface area contributed by atoms with Gasteiger partial charge in [-0.15, -0.1) is 0 Å². The molecule has 0 aromatic heterocycles. The lowest BCUT2D eigenvalue weighted by Gasteiger charge is -2.18. The topological polar surface area (TPSA) is 49.3 Å². The van der Waals surface area contributed by atoms with E-state index in [0.29, 0.717) is 0 Å². The minimum Gasteiger partial charge on any atom is -0.479 e. The first-order valence-corrected chi connectivity index (χ1v) is 6.06. The quantitative estimate of drug-likeness (QED) is 0.901. The van der Waals surface area contributed by atoms with Gasteiger partial charge in [0.15, 0.2) is 6.04 Å². The van der Waals surface area contributed by atoms with E-state index in [4.69, 9.17) is 11.6 Å². The minimum atomic E-state index is -1.57. The highest BCUT2D eigenvalue weighted by atomic mass is 35.5. The zero-order valence-electron chi connectivity index (χ0n) is 10.1. The van der Waals surface area contributed by atoms with Gasteiger partial charge in [-0.2, -0.15) is 0 Å². The Morgan fingerprint density at radius 1 is 1.10 bits per heavy atom. The number of carbonyl (C=O) groups is 1. The van der Waals surface area contributed by atoms with Crippen LogP contribution in [0.2, 0.25) is 5.02 Å². The van der Waals surface area contributed by atoms with Gasteiger partial charge in [-0.3, -0.25) is 0 Å². The van der Waals surface area contributed by atoms with Crippen molar-refractivity contribution < 1.29 is 18.7 Å². The van der Waals surface area contributed by atoms with Gasteiger partial charge in [0.1, 0.15) is 11.6 Å². The van der Waals surface area contributed by atoms with Gasteiger partial charge in [0.25, 0.3) is 0 Å². The Balaban J connectivity index is 2.43. The first kappa shape index (κ1) is 14.3. The standard InChI is InChI=1S/C14H10ClF2NO2/c15-8-4-1-2-7-11(8)18-13(14(19)20)12-9(16)5-3-6-10(12)17/h1-7,13,18H,(H,19,20). The van der Waals surface area contributed by atoms with Crippen molar-refractivity contribution in [1.29, 1.82) is 0 Å². The molecule has 20 heavy (non-hydrogen) atoms. The molecule has 0 spiro atoms. The molecule has 1 unspecified atom stereocenters. The maximum absolute atomic E-state index is 13.7. The lowest BCUT2D eigenvalue weighted by molar-refractivity contribution is -0.138. The third-order valence-electron chi connectivity index (χ3n) is 2.71. The highest BCUT2D eigenvalue weighted by molar-refractivity contribution is 6.33. The van der Waals surface area contributed by atoms with Crippen LogP contribution in [0.3, 0.4) is 0 Å². The fourth-order valence-corrected chi connectivity index (χ4v) is 1.97. The molecule has 1 atom stereocenters. The van der Waals surface area contributed by atoms with Crippen LogP contribution >= 0.6 is 11.6 Å². The predicted molar refractivity (Wildman–Crippen MR) is 71.8 cm³/mol. The maximum atomic E-state index is 13.7. The zero-order chi connectivity index (χ0) is 14.7. The number of anilines is 1. The lowest BCUT2D eigenvalue weighted by Crippen LogP contribution is -2.23. The highest BCUT2D eigenvalue weighted by Crippen LogP contribution is 2.28. The van der Waals surface area contributed by atoms with E-state index in [1.807, 2.05) is 0 Å². The molecule has 6 heteroatoms. The monoisotopic (exact) mass is 297 g/mol. The average molecular weight is 298 g/mol. The van der Waals surface area contributed by atoms with Crippen LogP contribution in [0.25, 0.3) is 0 Å². The van der Waals surface area contributed by atoms with Crippen LogP contribution in [-0.2, 0) is 4.79 Å². The van der Waals surface area contributed by atoms with Crippen LogP contribution in [0, 0.1) is 11.6 Å². The summed E-state index contributed by atoms with van der Waals surface area (Å²) >= 11 is 5.90. The summed E-state index contributed by atoms with van der Waals surface area (Å²) in [5.74, 6) is -3.28. The summed E-state index contributed by atoms with van der Waals surface area (Å²) in [6, 6.07) is 7.96. The van der Waals surface area contributed by atoms with Gasteiger partial charge in [0.2, 0.25) is 0 Å². The smallest absolute Gasteiger partial charge is 0.331 e. The summed E-state index contributed by atoms with van der Waals surface area (Å²) in [6.45, 7) is 0. The predicted octanol–water partition coefficient (Wildman–Crippen LogP) is 3.86. The van der Waals surface area contributed by atoms with E-state index in [-0.39, 0.29) is 10.7 Å². The summed E-state index contributed by atoms with van der Waals surface area (Å²) in [5.41, 5.74) is -0.274. The van der Waals surface area contributed by atoms with Gasteiger partial charge in [0.05, 0.1) is 16.3 Å². The molecule has 0 aliphatic carbocycles. The number of rotatable bonds is 4. The SMILES string of the molecule is O=C(O)C(Nc1ccccc1Cl)c1c(F)cccc1F. The van der Waals surface area contributed by atoms with Crippen molar-refractivity contribution in [2.24, 2.45) is 0 Å². The van der Waals surface area contributed by atoms with Crippen molar-refractivity contribution in [3.8, 4) is 0 Å². The van der Waals surface area contributed by atoms with Crippen molar-refractivity contribution in [3.05, 3.63) is 64.7 Å². The average Bonchev–Trinajstić information content (AvgIpc) is 2.39. The van der Waals surface area contributed by atoms with E-state index < -0.39 is 29.2 Å². The first-order chi connectivity index (χ1) is 9.50. The molecule has 0 heterocycles. The summed E-state index contributed by atoms with van der Waals surface area (Å²) in [6.07, 6.45) is 0. The Hall–Kier alpha value is -2.14. The highest BCUT2D eigenvalue weighted by Gasteiger charge is 2.27. The lowest BCUT2D eigenvalue weighted by atomic mass is 10.1. The van der Waals surface area contributed by atoms with E-state index in [1.165, 1.54) is 12.1 Å². The second kappa shape index (κ2) is 5.88. The van der Waals surface area contributed by atoms with E-state index in [0.717, 1.165) is 12.1 Å². The van der Waals surface area contributed by atoms with Crippen LogP contribution < -0.4 is 5.32 Å². The molecule has 2 aromatic rings. The van der Waals surface area contributed by atoms with Gasteiger partial charge >= 0.3 is 5.97 Å². The van der Waals surface area contributed by atoms with Crippen molar-refractivity contribution in [2.45, 2.75) is 6.04 Å². The number of hydrogen-bond donors (Lipinski definition) is 2. The van der Waals surface area contributed by atoms with Crippen molar-refractivity contribution in [2.75, 3.05) is 5.32 Å². The molecule has 2 rings (SSSR count). The summed E-state index contributed by atoms with van der Waals surface area (Å²) in [5, 5.41) is 12.0. The third-order valence-corrected chi connectivity index (χ3v) is 3.04. The van der Waals surface area contributed by atoms with Crippen LogP contribution in [-0.4, -0.2) is 11.1 Å².